The number of aryl methyl sites for hydroxylation is 1. The Balaban J connectivity index is 2.00. The van der Waals surface area contributed by atoms with Gasteiger partial charge in [0.2, 0.25) is 0 Å². The molecule has 2 N–H and O–H groups in total. The summed E-state index contributed by atoms with van der Waals surface area (Å²) in [4.78, 5) is 25.2. The van der Waals surface area contributed by atoms with Crippen LogP contribution in [0.15, 0.2) is 64.5 Å². The fourth-order valence-corrected chi connectivity index (χ4v) is 2.80. The number of amides is 1. The third kappa shape index (κ3) is 3.35. The van der Waals surface area contributed by atoms with Gasteiger partial charge in [-0.1, -0.05) is 49.4 Å². The van der Waals surface area contributed by atoms with Gasteiger partial charge in [-0.15, -0.1) is 0 Å². The predicted molar refractivity (Wildman–Crippen MR) is 102 cm³/mol. The van der Waals surface area contributed by atoms with E-state index in [1.54, 1.807) is 24.3 Å². The molecule has 0 bridgehead atoms. The summed E-state index contributed by atoms with van der Waals surface area (Å²) >= 11 is 0. The third-order valence-corrected chi connectivity index (χ3v) is 4.00. The quantitative estimate of drug-likeness (QED) is 0.549. The van der Waals surface area contributed by atoms with Gasteiger partial charge in [0.25, 0.3) is 11.5 Å². The first kappa shape index (κ1) is 17.4. The van der Waals surface area contributed by atoms with Crippen LogP contribution >= 0.6 is 0 Å². The summed E-state index contributed by atoms with van der Waals surface area (Å²) in [5, 5.41) is 14.8. The fourth-order valence-electron chi connectivity index (χ4n) is 2.80. The molecular formula is C20H19N3O3. The molecule has 1 heterocycles. The van der Waals surface area contributed by atoms with Crippen molar-refractivity contribution in [2.75, 3.05) is 0 Å². The molecule has 0 aliphatic heterocycles. The van der Waals surface area contributed by atoms with Crippen LogP contribution in [0, 0.1) is 0 Å². The lowest BCUT2D eigenvalue weighted by atomic mass is 10.1. The molecule has 0 unspecified atom stereocenters. The number of rotatable bonds is 5. The molecule has 0 radical (unpaired) electrons. The van der Waals surface area contributed by atoms with Crippen molar-refractivity contribution in [3.8, 4) is 5.75 Å². The second kappa shape index (κ2) is 7.65. The molecule has 0 aliphatic rings. The van der Waals surface area contributed by atoms with E-state index in [0.29, 0.717) is 17.4 Å². The van der Waals surface area contributed by atoms with Crippen LogP contribution in [0.1, 0.15) is 29.3 Å². The van der Waals surface area contributed by atoms with Gasteiger partial charge in [0, 0.05) is 11.9 Å². The summed E-state index contributed by atoms with van der Waals surface area (Å²) in [6, 6.07) is 16.2. The number of carbonyl (C=O) groups is 1. The molecule has 3 rings (SSSR count). The highest BCUT2D eigenvalue weighted by Crippen LogP contribution is 2.26. The largest absolute Gasteiger partial charge is 0.506 e. The zero-order valence-corrected chi connectivity index (χ0v) is 14.3. The molecular weight excluding hydrogens is 330 g/mol. The minimum atomic E-state index is -0.740. The van der Waals surface area contributed by atoms with Gasteiger partial charge in [-0.2, -0.15) is 5.10 Å². The van der Waals surface area contributed by atoms with Crippen LogP contribution in [-0.2, 0) is 6.54 Å². The standard InChI is InChI=1S/C20H19N3O3/c1-2-12-23-16-11-7-6-10-15(16)18(24)17(20(23)26)19(25)22-21-13-14-8-4-3-5-9-14/h3-11,13,24H,2,12H2,1H3,(H,22,25)/b21-13-. The number of nitrogens with zero attached hydrogens (tertiary/aromatic N) is 2. The number of hydrogen-bond acceptors (Lipinski definition) is 4. The number of para-hydroxylation sites is 1. The molecule has 132 valence electrons. The van der Waals surface area contributed by atoms with Crippen LogP contribution < -0.4 is 11.0 Å². The Hall–Kier alpha value is -3.41. The van der Waals surface area contributed by atoms with Gasteiger partial charge in [-0.3, -0.25) is 9.59 Å². The summed E-state index contributed by atoms with van der Waals surface area (Å²) < 4.78 is 1.50. The van der Waals surface area contributed by atoms with Gasteiger partial charge in [0.15, 0.2) is 0 Å². The second-order valence-corrected chi connectivity index (χ2v) is 5.81. The van der Waals surface area contributed by atoms with Crippen LogP contribution in [0.3, 0.4) is 0 Å². The van der Waals surface area contributed by atoms with Crippen molar-refractivity contribution in [3.63, 3.8) is 0 Å². The van der Waals surface area contributed by atoms with Crippen LogP contribution in [0.5, 0.6) is 5.75 Å². The number of pyridine rings is 1. The normalized spacial score (nSPS) is 11.1. The zero-order valence-electron chi connectivity index (χ0n) is 14.3. The predicted octanol–water partition coefficient (Wildman–Crippen LogP) is 2.88. The number of aromatic nitrogens is 1. The van der Waals surface area contributed by atoms with Crippen molar-refractivity contribution < 1.29 is 9.90 Å². The summed E-state index contributed by atoms with van der Waals surface area (Å²) in [6.45, 7) is 2.39. The van der Waals surface area contributed by atoms with Crippen LogP contribution in [0.4, 0.5) is 0 Å². The number of nitrogens with one attached hydrogen (secondary N) is 1. The average molecular weight is 349 g/mol. The zero-order chi connectivity index (χ0) is 18.5. The van der Waals surface area contributed by atoms with Gasteiger partial charge in [0.05, 0.1) is 11.7 Å². The van der Waals surface area contributed by atoms with E-state index in [0.717, 1.165) is 12.0 Å². The van der Waals surface area contributed by atoms with E-state index in [1.165, 1.54) is 10.8 Å². The summed E-state index contributed by atoms with van der Waals surface area (Å²) in [6.07, 6.45) is 2.20. The maximum Gasteiger partial charge on any atom is 0.280 e. The number of hydrogen-bond donors (Lipinski definition) is 2. The molecule has 0 fully saturated rings. The van der Waals surface area contributed by atoms with E-state index >= 15 is 0 Å². The number of carbonyl (C=O) groups excluding carboxylic acids is 1. The molecule has 1 aromatic heterocycles. The maximum atomic E-state index is 12.8. The Labute approximate surface area is 150 Å². The van der Waals surface area contributed by atoms with Gasteiger partial charge in [-0.05, 0) is 24.1 Å². The van der Waals surface area contributed by atoms with Crippen molar-refractivity contribution in [1.29, 1.82) is 0 Å². The molecule has 6 nitrogen and oxygen atoms in total. The Morgan fingerprint density at radius 2 is 1.85 bits per heavy atom. The maximum absolute atomic E-state index is 12.8. The summed E-state index contributed by atoms with van der Waals surface area (Å²) in [5.41, 5.74) is 2.89. The Bertz CT molecular complexity index is 1020. The molecule has 3 aromatic rings. The van der Waals surface area contributed by atoms with Crippen LogP contribution in [0.25, 0.3) is 10.9 Å². The minimum Gasteiger partial charge on any atom is -0.506 e. The molecule has 0 saturated carbocycles. The Morgan fingerprint density at radius 3 is 2.58 bits per heavy atom. The molecule has 0 atom stereocenters. The van der Waals surface area contributed by atoms with Crippen molar-refractivity contribution in [3.05, 3.63) is 76.1 Å². The first-order chi connectivity index (χ1) is 12.6. The van der Waals surface area contributed by atoms with Crippen molar-refractivity contribution in [2.45, 2.75) is 19.9 Å². The molecule has 2 aromatic carbocycles. The SMILES string of the molecule is CCCn1c(=O)c(C(=O)N/N=C\c2ccccc2)c(O)c2ccccc21. The number of benzene rings is 2. The molecule has 0 aliphatic carbocycles. The number of fused-ring (bicyclic) bond motifs is 1. The van der Waals surface area contributed by atoms with Gasteiger partial charge in [-0.25, -0.2) is 5.43 Å². The van der Waals surface area contributed by atoms with Gasteiger partial charge >= 0.3 is 0 Å². The van der Waals surface area contributed by atoms with E-state index in [1.807, 2.05) is 37.3 Å². The second-order valence-electron chi connectivity index (χ2n) is 5.81. The van der Waals surface area contributed by atoms with E-state index < -0.39 is 11.5 Å². The molecule has 0 saturated heterocycles. The summed E-state index contributed by atoms with van der Waals surface area (Å²) in [7, 11) is 0. The van der Waals surface area contributed by atoms with E-state index in [-0.39, 0.29) is 11.3 Å². The highest BCUT2D eigenvalue weighted by Gasteiger charge is 2.21. The van der Waals surface area contributed by atoms with Crippen molar-refractivity contribution in [1.82, 2.24) is 9.99 Å². The van der Waals surface area contributed by atoms with Gasteiger partial charge in [0.1, 0.15) is 11.3 Å². The molecule has 0 spiro atoms. The highest BCUT2D eigenvalue weighted by atomic mass is 16.3. The van der Waals surface area contributed by atoms with Crippen LogP contribution in [-0.4, -0.2) is 21.8 Å². The smallest absolute Gasteiger partial charge is 0.280 e. The minimum absolute atomic E-state index is 0.303. The number of aromatic hydroxyl groups is 1. The number of hydrazone groups is 1. The molecule has 1 amide bonds. The summed E-state index contributed by atoms with van der Waals surface area (Å²) in [5.74, 6) is -1.07. The molecule has 6 heteroatoms. The van der Waals surface area contributed by atoms with E-state index in [4.69, 9.17) is 0 Å². The van der Waals surface area contributed by atoms with Crippen LogP contribution in [0.2, 0.25) is 0 Å². The van der Waals surface area contributed by atoms with Crippen molar-refractivity contribution >= 4 is 23.0 Å². The molecule has 26 heavy (non-hydrogen) atoms. The fraction of sp³-hybridized carbons (Fsp3) is 0.150. The monoisotopic (exact) mass is 349 g/mol. The average Bonchev–Trinajstić information content (AvgIpc) is 2.66. The van der Waals surface area contributed by atoms with E-state index in [9.17, 15) is 14.7 Å². The van der Waals surface area contributed by atoms with Gasteiger partial charge < -0.3 is 9.67 Å². The lowest BCUT2D eigenvalue weighted by Crippen LogP contribution is -2.31. The first-order valence-corrected chi connectivity index (χ1v) is 8.36. The Kier molecular flexibility index (Phi) is 5.12. The lowest BCUT2D eigenvalue weighted by molar-refractivity contribution is 0.0950. The van der Waals surface area contributed by atoms with Crippen molar-refractivity contribution in [2.24, 2.45) is 5.10 Å². The topological polar surface area (TPSA) is 83.7 Å². The lowest BCUT2D eigenvalue weighted by Gasteiger charge is -2.13. The highest BCUT2D eigenvalue weighted by molar-refractivity contribution is 6.02. The first-order valence-electron chi connectivity index (χ1n) is 8.36. The third-order valence-electron chi connectivity index (χ3n) is 4.00. The Morgan fingerprint density at radius 1 is 1.15 bits per heavy atom. The van der Waals surface area contributed by atoms with E-state index in [2.05, 4.69) is 10.5 Å².